The zero-order chi connectivity index (χ0) is 21.0. The molecule has 0 saturated carbocycles. The zero-order valence-corrected chi connectivity index (χ0v) is 17.0. The monoisotopic (exact) mass is 399 g/mol. The molecule has 7 heteroatoms. The Morgan fingerprint density at radius 3 is 2.66 bits per heavy atom. The van der Waals surface area contributed by atoms with Gasteiger partial charge in [0.25, 0.3) is 0 Å². The first kappa shape index (κ1) is 20.8. The SMILES string of the molecule is COC(=O)c1cccnc1N1CCC(=O)N(Cc2ccc(F)cc2)[C@H](C(C)C)C1. The number of hydrogen-bond donors (Lipinski definition) is 0. The Morgan fingerprint density at radius 1 is 1.28 bits per heavy atom. The molecule has 0 radical (unpaired) electrons. The van der Waals surface area contributed by atoms with E-state index in [4.69, 9.17) is 4.74 Å². The van der Waals surface area contributed by atoms with Crippen LogP contribution in [0.2, 0.25) is 0 Å². The second kappa shape index (κ2) is 9.03. The summed E-state index contributed by atoms with van der Waals surface area (Å²) in [5.74, 6) is -0.00116. The first-order chi connectivity index (χ1) is 13.9. The van der Waals surface area contributed by atoms with Crippen LogP contribution in [0.3, 0.4) is 0 Å². The predicted molar refractivity (Wildman–Crippen MR) is 108 cm³/mol. The van der Waals surface area contributed by atoms with Gasteiger partial charge < -0.3 is 14.5 Å². The molecule has 1 aliphatic rings. The smallest absolute Gasteiger partial charge is 0.341 e. The predicted octanol–water partition coefficient (Wildman–Crippen LogP) is 3.27. The molecule has 1 aromatic carbocycles. The van der Waals surface area contributed by atoms with Crippen LogP contribution in [0, 0.1) is 11.7 Å². The lowest BCUT2D eigenvalue weighted by atomic mass is 10.0. The molecule has 0 spiro atoms. The fourth-order valence-electron chi connectivity index (χ4n) is 3.65. The van der Waals surface area contributed by atoms with Crippen molar-refractivity contribution in [1.82, 2.24) is 9.88 Å². The molecule has 1 saturated heterocycles. The Labute approximate surface area is 170 Å². The number of carbonyl (C=O) groups excluding carboxylic acids is 2. The maximum Gasteiger partial charge on any atom is 0.341 e. The summed E-state index contributed by atoms with van der Waals surface area (Å²) < 4.78 is 18.1. The molecule has 0 aliphatic carbocycles. The Kier molecular flexibility index (Phi) is 6.46. The molecule has 1 aliphatic heterocycles. The summed E-state index contributed by atoms with van der Waals surface area (Å²) in [5.41, 5.74) is 1.27. The minimum Gasteiger partial charge on any atom is -0.465 e. The second-order valence-corrected chi connectivity index (χ2v) is 7.52. The van der Waals surface area contributed by atoms with Crippen molar-refractivity contribution in [2.45, 2.75) is 32.9 Å². The highest BCUT2D eigenvalue weighted by Crippen LogP contribution is 2.26. The normalized spacial score (nSPS) is 17.4. The average Bonchev–Trinajstić information content (AvgIpc) is 2.88. The summed E-state index contributed by atoms with van der Waals surface area (Å²) in [6.07, 6.45) is 1.94. The zero-order valence-electron chi connectivity index (χ0n) is 17.0. The summed E-state index contributed by atoms with van der Waals surface area (Å²) in [4.78, 5) is 33.4. The van der Waals surface area contributed by atoms with E-state index in [1.54, 1.807) is 30.5 Å². The number of esters is 1. The van der Waals surface area contributed by atoms with E-state index in [1.165, 1.54) is 19.2 Å². The van der Waals surface area contributed by atoms with E-state index in [9.17, 15) is 14.0 Å². The third kappa shape index (κ3) is 4.72. The third-order valence-electron chi connectivity index (χ3n) is 5.25. The van der Waals surface area contributed by atoms with Gasteiger partial charge in [0.1, 0.15) is 17.2 Å². The van der Waals surface area contributed by atoms with Crippen molar-refractivity contribution in [2.24, 2.45) is 5.92 Å². The molecule has 0 unspecified atom stereocenters. The number of anilines is 1. The number of ether oxygens (including phenoxy) is 1. The van der Waals surface area contributed by atoms with Crippen molar-refractivity contribution in [3.8, 4) is 0 Å². The summed E-state index contributed by atoms with van der Waals surface area (Å²) in [6.45, 7) is 5.56. The van der Waals surface area contributed by atoms with Crippen LogP contribution in [0.5, 0.6) is 0 Å². The maximum absolute atomic E-state index is 13.3. The van der Waals surface area contributed by atoms with E-state index >= 15 is 0 Å². The van der Waals surface area contributed by atoms with Crippen molar-refractivity contribution in [2.75, 3.05) is 25.1 Å². The molecule has 3 rings (SSSR count). The number of benzene rings is 1. The van der Waals surface area contributed by atoms with Crippen molar-refractivity contribution in [1.29, 1.82) is 0 Å². The van der Waals surface area contributed by atoms with Gasteiger partial charge in [-0.05, 0) is 35.7 Å². The molecule has 1 atom stereocenters. The lowest BCUT2D eigenvalue weighted by Gasteiger charge is -2.35. The number of nitrogens with zero attached hydrogens (tertiary/aromatic N) is 3. The van der Waals surface area contributed by atoms with Gasteiger partial charge in [-0.25, -0.2) is 14.2 Å². The number of rotatable bonds is 5. The van der Waals surface area contributed by atoms with E-state index < -0.39 is 5.97 Å². The topological polar surface area (TPSA) is 62.7 Å². The first-order valence-electron chi connectivity index (χ1n) is 9.73. The summed E-state index contributed by atoms with van der Waals surface area (Å²) in [7, 11) is 1.34. The van der Waals surface area contributed by atoms with Crippen LogP contribution in [0.4, 0.5) is 10.2 Å². The highest BCUT2D eigenvalue weighted by Gasteiger charge is 2.33. The van der Waals surface area contributed by atoms with Crippen LogP contribution in [-0.4, -0.2) is 48.0 Å². The standard InChI is InChI=1S/C22H26FN3O3/c1-15(2)19-14-25(21-18(22(28)29-3)5-4-11-24-21)12-10-20(27)26(19)13-16-6-8-17(23)9-7-16/h4-9,11,15,19H,10,12-14H2,1-3H3/t19-/m0/s1. The maximum atomic E-state index is 13.3. The molecule has 0 bridgehead atoms. The summed E-state index contributed by atoms with van der Waals surface area (Å²) in [6, 6.07) is 9.52. The lowest BCUT2D eigenvalue weighted by Crippen LogP contribution is -2.46. The summed E-state index contributed by atoms with van der Waals surface area (Å²) in [5, 5.41) is 0. The minimum absolute atomic E-state index is 0.0334. The van der Waals surface area contributed by atoms with E-state index in [2.05, 4.69) is 18.8 Å². The van der Waals surface area contributed by atoms with E-state index in [0.29, 0.717) is 37.4 Å². The molecule has 2 aromatic rings. The molecule has 2 heterocycles. The number of pyridine rings is 1. The van der Waals surface area contributed by atoms with Crippen LogP contribution < -0.4 is 4.90 Å². The van der Waals surface area contributed by atoms with E-state index in [1.807, 2.05) is 9.80 Å². The van der Waals surface area contributed by atoms with Gasteiger partial charge in [0.2, 0.25) is 5.91 Å². The highest BCUT2D eigenvalue weighted by molar-refractivity contribution is 5.94. The van der Waals surface area contributed by atoms with Gasteiger partial charge >= 0.3 is 5.97 Å². The molecule has 29 heavy (non-hydrogen) atoms. The summed E-state index contributed by atoms with van der Waals surface area (Å²) >= 11 is 0. The van der Waals surface area contributed by atoms with Gasteiger partial charge in [-0.15, -0.1) is 0 Å². The van der Waals surface area contributed by atoms with Crippen LogP contribution in [-0.2, 0) is 16.1 Å². The second-order valence-electron chi connectivity index (χ2n) is 7.52. The van der Waals surface area contributed by atoms with Crippen molar-refractivity contribution in [3.05, 3.63) is 59.5 Å². The largest absolute Gasteiger partial charge is 0.465 e. The first-order valence-corrected chi connectivity index (χ1v) is 9.73. The third-order valence-corrected chi connectivity index (χ3v) is 5.25. The van der Waals surface area contributed by atoms with Crippen molar-refractivity contribution < 1.29 is 18.7 Å². The Hall–Kier alpha value is -2.96. The Morgan fingerprint density at radius 2 is 2.00 bits per heavy atom. The van der Waals surface area contributed by atoms with E-state index in [-0.39, 0.29) is 23.7 Å². The number of carbonyl (C=O) groups is 2. The van der Waals surface area contributed by atoms with Crippen LogP contribution in [0.1, 0.15) is 36.2 Å². The molecule has 6 nitrogen and oxygen atoms in total. The van der Waals surface area contributed by atoms with Gasteiger partial charge in [-0.1, -0.05) is 26.0 Å². The number of amides is 1. The fourth-order valence-corrected chi connectivity index (χ4v) is 3.65. The number of hydrogen-bond acceptors (Lipinski definition) is 5. The van der Waals surface area contributed by atoms with Crippen molar-refractivity contribution >= 4 is 17.7 Å². The van der Waals surface area contributed by atoms with Gasteiger partial charge in [-0.3, -0.25) is 4.79 Å². The minimum atomic E-state index is -0.451. The van der Waals surface area contributed by atoms with Gasteiger partial charge in [-0.2, -0.15) is 0 Å². The average molecular weight is 399 g/mol. The van der Waals surface area contributed by atoms with Crippen LogP contribution in [0.25, 0.3) is 0 Å². The van der Waals surface area contributed by atoms with Gasteiger partial charge in [0.05, 0.1) is 13.2 Å². The Bertz CT molecular complexity index is 870. The number of methoxy groups -OCH3 is 1. The number of halogens is 1. The highest BCUT2D eigenvalue weighted by atomic mass is 19.1. The Balaban J connectivity index is 1.90. The molecular formula is C22H26FN3O3. The number of aromatic nitrogens is 1. The molecule has 1 amide bonds. The van der Waals surface area contributed by atoms with Crippen LogP contribution >= 0.6 is 0 Å². The fraction of sp³-hybridized carbons (Fsp3) is 0.409. The lowest BCUT2D eigenvalue weighted by molar-refractivity contribution is -0.134. The molecule has 1 aromatic heterocycles. The van der Waals surface area contributed by atoms with E-state index in [0.717, 1.165) is 5.56 Å². The van der Waals surface area contributed by atoms with Crippen molar-refractivity contribution in [3.63, 3.8) is 0 Å². The molecule has 0 N–H and O–H groups in total. The van der Waals surface area contributed by atoms with Gasteiger partial charge in [0.15, 0.2) is 0 Å². The van der Waals surface area contributed by atoms with Crippen LogP contribution in [0.15, 0.2) is 42.6 Å². The van der Waals surface area contributed by atoms with Gasteiger partial charge in [0, 0.05) is 32.3 Å². The molecule has 1 fully saturated rings. The molecule has 154 valence electrons. The quantitative estimate of drug-likeness (QED) is 0.722. The molecular weight excluding hydrogens is 373 g/mol.